The van der Waals surface area contributed by atoms with Crippen molar-refractivity contribution in [3.05, 3.63) is 70.8 Å². The summed E-state index contributed by atoms with van der Waals surface area (Å²) in [6.45, 7) is 4.37. The maximum absolute atomic E-state index is 12.3. The molecule has 0 aliphatic carbocycles. The van der Waals surface area contributed by atoms with Gasteiger partial charge >= 0.3 is 12.0 Å². The second-order valence-electron chi connectivity index (χ2n) is 6.04. The summed E-state index contributed by atoms with van der Waals surface area (Å²) in [6.07, 6.45) is 0.446. The van der Waals surface area contributed by atoms with Gasteiger partial charge in [-0.3, -0.25) is 4.79 Å². The largest absolute Gasteiger partial charge is 0.481 e. The standard InChI is InChI=1S/C20H24N2O3/c1-14-8-3-5-10-16(14)19(17-11-6-4-9-15(17)2)22-20(25)21-13-7-12-18(23)24/h3-6,8-11,19H,7,12-13H2,1-2H3,(H,23,24)(H2,21,22,25). The number of carboxylic acid groups (broad SMARTS) is 1. The van der Waals surface area contributed by atoms with Gasteiger partial charge in [0, 0.05) is 13.0 Å². The molecule has 0 bridgehead atoms. The van der Waals surface area contributed by atoms with Crippen LogP contribution in [0.15, 0.2) is 48.5 Å². The maximum atomic E-state index is 12.3. The summed E-state index contributed by atoms with van der Waals surface area (Å²) < 4.78 is 0. The predicted octanol–water partition coefficient (Wildman–Crippen LogP) is 3.56. The number of benzene rings is 2. The van der Waals surface area contributed by atoms with Gasteiger partial charge < -0.3 is 15.7 Å². The topological polar surface area (TPSA) is 78.4 Å². The minimum atomic E-state index is -0.861. The second kappa shape index (κ2) is 8.87. The number of aryl methyl sites for hydroxylation is 2. The quantitative estimate of drug-likeness (QED) is 0.674. The van der Waals surface area contributed by atoms with Gasteiger partial charge in [-0.05, 0) is 42.5 Å². The Kier molecular flexibility index (Phi) is 6.57. The highest BCUT2D eigenvalue weighted by Crippen LogP contribution is 2.27. The van der Waals surface area contributed by atoms with E-state index in [2.05, 4.69) is 10.6 Å². The fourth-order valence-electron chi connectivity index (χ4n) is 2.77. The van der Waals surface area contributed by atoms with Crippen LogP contribution >= 0.6 is 0 Å². The summed E-state index contributed by atoms with van der Waals surface area (Å²) in [5.41, 5.74) is 4.28. The number of rotatable bonds is 7. The lowest BCUT2D eigenvalue weighted by Gasteiger charge is -2.23. The molecule has 0 fully saturated rings. The highest BCUT2D eigenvalue weighted by molar-refractivity contribution is 5.75. The summed E-state index contributed by atoms with van der Waals surface area (Å²) in [5, 5.41) is 14.4. The van der Waals surface area contributed by atoms with Crippen LogP contribution in [0.2, 0.25) is 0 Å². The molecule has 0 saturated carbocycles. The minimum Gasteiger partial charge on any atom is -0.481 e. The van der Waals surface area contributed by atoms with Gasteiger partial charge in [-0.15, -0.1) is 0 Å². The van der Waals surface area contributed by atoms with Gasteiger partial charge in [0.1, 0.15) is 0 Å². The number of nitrogens with one attached hydrogen (secondary N) is 2. The van der Waals surface area contributed by atoms with Gasteiger partial charge in [-0.25, -0.2) is 4.79 Å². The average molecular weight is 340 g/mol. The van der Waals surface area contributed by atoms with Crippen molar-refractivity contribution in [1.82, 2.24) is 10.6 Å². The Morgan fingerprint density at radius 1 is 0.960 bits per heavy atom. The lowest BCUT2D eigenvalue weighted by atomic mass is 9.92. The molecule has 0 spiro atoms. The first kappa shape index (κ1) is 18.5. The average Bonchev–Trinajstić information content (AvgIpc) is 2.58. The predicted molar refractivity (Wildman–Crippen MR) is 97.6 cm³/mol. The number of hydrogen-bond acceptors (Lipinski definition) is 2. The van der Waals surface area contributed by atoms with Gasteiger partial charge in [0.15, 0.2) is 0 Å². The van der Waals surface area contributed by atoms with Gasteiger partial charge in [0.2, 0.25) is 0 Å². The van der Waals surface area contributed by atoms with E-state index in [1.165, 1.54) is 0 Å². The molecule has 5 nitrogen and oxygen atoms in total. The van der Waals surface area contributed by atoms with Crippen LogP contribution in [0.25, 0.3) is 0 Å². The molecule has 132 valence electrons. The monoisotopic (exact) mass is 340 g/mol. The van der Waals surface area contributed by atoms with Crippen LogP contribution in [-0.2, 0) is 4.79 Å². The Morgan fingerprint density at radius 3 is 1.96 bits per heavy atom. The van der Waals surface area contributed by atoms with Crippen LogP contribution in [0.5, 0.6) is 0 Å². The summed E-state index contributed by atoms with van der Waals surface area (Å²) in [4.78, 5) is 22.8. The SMILES string of the molecule is Cc1ccccc1C(NC(=O)NCCCC(=O)O)c1ccccc1C. The van der Waals surface area contributed by atoms with Gasteiger partial charge in [0.05, 0.1) is 6.04 Å². The minimum absolute atomic E-state index is 0.0410. The van der Waals surface area contributed by atoms with Crippen molar-refractivity contribution in [1.29, 1.82) is 0 Å². The van der Waals surface area contributed by atoms with Crippen molar-refractivity contribution in [2.75, 3.05) is 6.54 Å². The van der Waals surface area contributed by atoms with E-state index < -0.39 is 5.97 Å². The van der Waals surface area contributed by atoms with E-state index in [4.69, 9.17) is 5.11 Å². The van der Waals surface area contributed by atoms with Gasteiger partial charge in [0.25, 0.3) is 0 Å². The molecular weight excluding hydrogens is 316 g/mol. The van der Waals surface area contributed by atoms with Gasteiger partial charge in [-0.1, -0.05) is 48.5 Å². The Hall–Kier alpha value is -2.82. The first-order valence-electron chi connectivity index (χ1n) is 8.36. The van der Waals surface area contributed by atoms with Crippen molar-refractivity contribution in [3.63, 3.8) is 0 Å². The van der Waals surface area contributed by atoms with Crippen molar-refractivity contribution >= 4 is 12.0 Å². The lowest BCUT2D eigenvalue weighted by molar-refractivity contribution is -0.137. The van der Waals surface area contributed by atoms with E-state index in [0.29, 0.717) is 13.0 Å². The molecule has 2 aromatic rings. The third-order valence-corrected chi connectivity index (χ3v) is 4.13. The second-order valence-corrected chi connectivity index (χ2v) is 6.04. The zero-order chi connectivity index (χ0) is 18.2. The molecule has 25 heavy (non-hydrogen) atoms. The van der Waals surface area contributed by atoms with E-state index in [0.717, 1.165) is 22.3 Å². The number of urea groups is 1. The van der Waals surface area contributed by atoms with E-state index >= 15 is 0 Å². The molecule has 0 saturated heterocycles. The number of carbonyl (C=O) groups excluding carboxylic acids is 1. The highest BCUT2D eigenvalue weighted by Gasteiger charge is 2.19. The third kappa shape index (κ3) is 5.35. The molecule has 2 amide bonds. The molecule has 2 rings (SSSR count). The molecule has 5 heteroatoms. The van der Waals surface area contributed by atoms with Crippen LogP contribution in [0.4, 0.5) is 4.79 Å². The van der Waals surface area contributed by atoms with E-state index in [1.807, 2.05) is 62.4 Å². The Balaban J connectivity index is 2.16. The smallest absolute Gasteiger partial charge is 0.315 e. The highest BCUT2D eigenvalue weighted by atomic mass is 16.4. The van der Waals surface area contributed by atoms with Crippen LogP contribution in [-0.4, -0.2) is 23.7 Å². The molecule has 0 heterocycles. The van der Waals surface area contributed by atoms with Crippen molar-refractivity contribution in [2.24, 2.45) is 0 Å². The van der Waals surface area contributed by atoms with E-state index in [9.17, 15) is 9.59 Å². The number of carboxylic acids is 1. The van der Waals surface area contributed by atoms with Crippen LogP contribution in [0, 0.1) is 13.8 Å². The fraction of sp³-hybridized carbons (Fsp3) is 0.300. The zero-order valence-electron chi connectivity index (χ0n) is 14.6. The van der Waals surface area contributed by atoms with Crippen molar-refractivity contribution < 1.29 is 14.7 Å². The normalized spacial score (nSPS) is 10.5. The molecule has 0 radical (unpaired) electrons. The van der Waals surface area contributed by atoms with Crippen LogP contribution in [0.1, 0.15) is 41.1 Å². The molecule has 0 unspecified atom stereocenters. The number of aliphatic carboxylic acids is 1. The fourth-order valence-corrected chi connectivity index (χ4v) is 2.77. The number of carbonyl (C=O) groups is 2. The number of amides is 2. The molecule has 0 aromatic heterocycles. The van der Waals surface area contributed by atoms with Crippen LogP contribution < -0.4 is 10.6 Å². The summed E-state index contributed by atoms with van der Waals surface area (Å²) in [5.74, 6) is -0.861. The molecule has 0 aliphatic heterocycles. The Morgan fingerprint density at radius 2 is 1.48 bits per heavy atom. The zero-order valence-corrected chi connectivity index (χ0v) is 14.6. The number of hydrogen-bond donors (Lipinski definition) is 3. The summed E-state index contributed by atoms with van der Waals surface area (Å²) >= 11 is 0. The molecule has 3 N–H and O–H groups in total. The summed E-state index contributed by atoms with van der Waals surface area (Å²) in [6, 6.07) is 15.4. The summed E-state index contributed by atoms with van der Waals surface area (Å²) in [7, 11) is 0. The van der Waals surface area contributed by atoms with Crippen LogP contribution in [0.3, 0.4) is 0 Å². The Labute approximate surface area is 148 Å². The van der Waals surface area contributed by atoms with E-state index in [1.54, 1.807) is 0 Å². The third-order valence-electron chi connectivity index (χ3n) is 4.13. The molecule has 2 aromatic carbocycles. The molecular formula is C20H24N2O3. The lowest BCUT2D eigenvalue weighted by Crippen LogP contribution is -2.39. The maximum Gasteiger partial charge on any atom is 0.315 e. The first-order chi connectivity index (χ1) is 12.0. The Bertz CT molecular complexity index is 698. The van der Waals surface area contributed by atoms with Gasteiger partial charge in [-0.2, -0.15) is 0 Å². The molecule has 0 aliphatic rings. The van der Waals surface area contributed by atoms with Crippen molar-refractivity contribution in [3.8, 4) is 0 Å². The van der Waals surface area contributed by atoms with E-state index in [-0.39, 0.29) is 18.5 Å². The molecule has 0 atom stereocenters. The van der Waals surface area contributed by atoms with Crippen molar-refractivity contribution in [2.45, 2.75) is 32.7 Å². The first-order valence-corrected chi connectivity index (χ1v) is 8.36.